The number of halogens is 1. The van der Waals surface area contributed by atoms with Crippen LogP contribution in [0.15, 0.2) is 15.9 Å². The van der Waals surface area contributed by atoms with E-state index in [1.54, 1.807) is 4.50 Å². The van der Waals surface area contributed by atoms with E-state index in [-0.39, 0.29) is 0 Å². The molecule has 0 saturated carbocycles. The van der Waals surface area contributed by atoms with Crippen LogP contribution >= 0.6 is 27.3 Å². The average molecular weight is 235 g/mol. The lowest BCUT2D eigenvalue weighted by Crippen LogP contribution is -2.34. The van der Waals surface area contributed by atoms with E-state index in [1.165, 1.54) is 3.79 Å². The highest BCUT2D eigenvalue weighted by atomic mass is 79.9. The molecule has 1 aromatic heterocycles. The van der Waals surface area contributed by atoms with Crippen LogP contribution < -0.4 is 4.50 Å². The Labute approximate surface area is 75.4 Å². The lowest BCUT2D eigenvalue weighted by Gasteiger charge is -2.11. The van der Waals surface area contributed by atoms with Gasteiger partial charge in [0.1, 0.15) is 0 Å². The zero-order chi connectivity index (χ0) is 7.78. The maximum absolute atomic E-state index is 3.47. The van der Waals surface area contributed by atoms with Crippen LogP contribution in [-0.2, 0) is 0 Å². The molecule has 0 nitrogen and oxygen atoms in total. The van der Waals surface area contributed by atoms with Crippen molar-refractivity contribution in [3.05, 3.63) is 15.9 Å². The van der Waals surface area contributed by atoms with Gasteiger partial charge in [-0.25, -0.2) is 0 Å². The van der Waals surface area contributed by atoms with E-state index in [0.29, 0.717) is 0 Å². The van der Waals surface area contributed by atoms with Gasteiger partial charge < -0.3 is 0 Å². The molecule has 1 rings (SSSR count). The summed E-state index contributed by atoms with van der Waals surface area (Å²) in [5.74, 6) is 0. The standard InChI is InChI=1S/C7H11BrSSi/c1-10(2,3)7-5-4-6(8)9-7/h4-5H,1-3H3. The molecule has 1 aromatic rings. The van der Waals surface area contributed by atoms with Gasteiger partial charge in [0.2, 0.25) is 0 Å². The topological polar surface area (TPSA) is 0 Å². The molecular formula is C7H11BrSSi. The fourth-order valence-electron chi connectivity index (χ4n) is 0.717. The molecule has 0 aliphatic carbocycles. The summed E-state index contributed by atoms with van der Waals surface area (Å²) in [6, 6.07) is 4.37. The summed E-state index contributed by atoms with van der Waals surface area (Å²) in [4.78, 5) is 0. The smallest absolute Gasteiger partial charge is 0.0904 e. The Morgan fingerprint density at radius 3 is 2.10 bits per heavy atom. The second kappa shape index (κ2) is 2.79. The van der Waals surface area contributed by atoms with Gasteiger partial charge in [0.05, 0.1) is 11.9 Å². The lowest BCUT2D eigenvalue weighted by molar-refractivity contribution is 1.79. The van der Waals surface area contributed by atoms with Crippen LogP contribution in [0.1, 0.15) is 0 Å². The van der Waals surface area contributed by atoms with Crippen LogP contribution in [0.2, 0.25) is 19.6 Å². The van der Waals surface area contributed by atoms with Crippen molar-refractivity contribution in [2.24, 2.45) is 0 Å². The summed E-state index contributed by atoms with van der Waals surface area (Å²) in [5, 5.41) is 0. The molecule has 0 unspecified atom stereocenters. The van der Waals surface area contributed by atoms with E-state index in [0.717, 1.165) is 0 Å². The van der Waals surface area contributed by atoms with Gasteiger partial charge >= 0.3 is 0 Å². The van der Waals surface area contributed by atoms with Crippen molar-refractivity contribution in [3.8, 4) is 0 Å². The Hall–Kier alpha value is 0.397. The van der Waals surface area contributed by atoms with E-state index < -0.39 is 8.07 Å². The number of hydrogen-bond acceptors (Lipinski definition) is 1. The number of thiophene rings is 1. The van der Waals surface area contributed by atoms with Crippen molar-refractivity contribution in [2.45, 2.75) is 19.6 Å². The minimum Gasteiger partial charge on any atom is -0.138 e. The highest BCUT2D eigenvalue weighted by Gasteiger charge is 2.17. The largest absolute Gasteiger partial charge is 0.138 e. The predicted molar refractivity (Wildman–Crippen MR) is 55.0 cm³/mol. The molecule has 1 heterocycles. The fourth-order valence-corrected chi connectivity index (χ4v) is 4.44. The first kappa shape index (κ1) is 8.49. The summed E-state index contributed by atoms with van der Waals surface area (Å²) >= 11 is 5.34. The molecule has 10 heavy (non-hydrogen) atoms. The normalized spacial score (nSPS) is 12.0. The van der Waals surface area contributed by atoms with E-state index >= 15 is 0 Å². The van der Waals surface area contributed by atoms with Gasteiger partial charge in [-0.3, -0.25) is 0 Å². The first-order valence-corrected chi connectivity index (χ1v) is 8.37. The van der Waals surface area contributed by atoms with Gasteiger partial charge in [-0.05, 0) is 26.5 Å². The minimum atomic E-state index is -1.02. The molecule has 0 aromatic carbocycles. The maximum atomic E-state index is 3.47. The maximum Gasteiger partial charge on any atom is 0.0904 e. The third-order valence-corrected chi connectivity index (χ3v) is 6.54. The van der Waals surface area contributed by atoms with Crippen molar-refractivity contribution in [2.75, 3.05) is 0 Å². The second-order valence-corrected chi connectivity index (χ2v) is 11.2. The van der Waals surface area contributed by atoms with Crippen molar-refractivity contribution >= 4 is 39.8 Å². The molecule has 0 fully saturated rings. The number of rotatable bonds is 1. The van der Waals surface area contributed by atoms with Crippen LogP contribution in [0.25, 0.3) is 0 Å². The van der Waals surface area contributed by atoms with E-state index in [1.807, 2.05) is 11.3 Å². The Morgan fingerprint density at radius 2 is 1.90 bits per heavy atom. The van der Waals surface area contributed by atoms with E-state index in [2.05, 4.69) is 47.7 Å². The molecule has 0 N–H and O–H groups in total. The van der Waals surface area contributed by atoms with Crippen LogP contribution in [0.3, 0.4) is 0 Å². The van der Waals surface area contributed by atoms with Gasteiger partial charge in [-0.1, -0.05) is 25.7 Å². The number of hydrogen-bond donors (Lipinski definition) is 0. The van der Waals surface area contributed by atoms with Crippen LogP contribution in [0.4, 0.5) is 0 Å². The molecule has 3 heteroatoms. The minimum absolute atomic E-state index is 1.02. The quantitative estimate of drug-likeness (QED) is 0.656. The molecule has 0 saturated heterocycles. The Balaban J connectivity index is 2.96. The molecule has 0 aliphatic heterocycles. The Bertz CT molecular complexity index is 224. The van der Waals surface area contributed by atoms with Gasteiger partial charge in [0.15, 0.2) is 0 Å². The third kappa shape index (κ3) is 1.94. The van der Waals surface area contributed by atoms with Gasteiger partial charge in [-0.2, -0.15) is 0 Å². The fraction of sp³-hybridized carbons (Fsp3) is 0.429. The summed E-state index contributed by atoms with van der Waals surface area (Å²) in [7, 11) is -1.02. The molecule has 0 radical (unpaired) electrons. The van der Waals surface area contributed by atoms with Crippen LogP contribution in [0.5, 0.6) is 0 Å². The molecular weight excluding hydrogens is 224 g/mol. The molecule has 56 valence electrons. The first-order valence-electron chi connectivity index (χ1n) is 3.26. The molecule has 0 amide bonds. The average Bonchev–Trinajstić information content (AvgIpc) is 2.11. The highest BCUT2D eigenvalue weighted by Crippen LogP contribution is 2.18. The van der Waals surface area contributed by atoms with Crippen molar-refractivity contribution in [1.82, 2.24) is 0 Å². The van der Waals surface area contributed by atoms with Gasteiger partial charge in [0, 0.05) is 0 Å². The predicted octanol–water partition coefficient (Wildman–Crippen LogP) is 3.06. The summed E-state index contributed by atoms with van der Waals surface area (Å²) in [6.45, 7) is 7.10. The van der Waals surface area contributed by atoms with Crippen molar-refractivity contribution in [3.63, 3.8) is 0 Å². The zero-order valence-electron chi connectivity index (χ0n) is 6.44. The van der Waals surface area contributed by atoms with Gasteiger partial charge in [0.25, 0.3) is 0 Å². The SMILES string of the molecule is C[Si](C)(C)c1ccc(Br)s1. The van der Waals surface area contributed by atoms with E-state index in [4.69, 9.17) is 0 Å². The third-order valence-electron chi connectivity index (χ3n) is 1.31. The Morgan fingerprint density at radius 1 is 1.30 bits per heavy atom. The Kier molecular flexibility index (Phi) is 2.37. The zero-order valence-corrected chi connectivity index (χ0v) is 9.84. The van der Waals surface area contributed by atoms with Gasteiger partial charge in [-0.15, -0.1) is 11.3 Å². The first-order chi connectivity index (χ1) is 4.50. The summed E-state index contributed by atoms with van der Waals surface area (Å²) < 4.78 is 2.82. The highest BCUT2D eigenvalue weighted by molar-refractivity contribution is 9.11. The monoisotopic (exact) mass is 234 g/mol. The molecule has 0 atom stereocenters. The van der Waals surface area contributed by atoms with Crippen LogP contribution in [0, 0.1) is 0 Å². The van der Waals surface area contributed by atoms with E-state index in [9.17, 15) is 0 Å². The molecule has 0 bridgehead atoms. The second-order valence-electron chi connectivity index (χ2n) is 3.35. The molecule has 0 spiro atoms. The summed E-state index contributed by atoms with van der Waals surface area (Å²) in [5.41, 5.74) is 0. The van der Waals surface area contributed by atoms with Crippen molar-refractivity contribution in [1.29, 1.82) is 0 Å². The lowest BCUT2D eigenvalue weighted by atomic mass is 10.7. The summed E-state index contributed by atoms with van der Waals surface area (Å²) in [6.07, 6.45) is 0. The van der Waals surface area contributed by atoms with Crippen molar-refractivity contribution < 1.29 is 0 Å². The van der Waals surface area contributed by atoms with Crippen LogP contribution in [-0.4, -0.2) is 8.07 Å². The molecule has 0 aliphatic rings.